The van der Waals surface area contributed by atoms with Gasteiger partial charge in [-0.2, -0.15) is 0 Å². The number of rotatable bonds is 5. The second-order valence-electron chi connectivity index (χ2n) is 6.16. The van der Waals surface area contributed by atoms with Crippen LogP contribution in [0.15, 0.2) is 100 Å². The third-order valence-corrected chi connectivity index (χ3v) is 5.45. The van der Waals surface area contributed by atoms with Gasteiger partial charge in [0.15, 0.2) is 0 Å². The molecule has 0 fully saturated rings. The van der Waals surface area contributed by atoms with E-state index in [-0.39, 0.29) is 11.6 Å². The molecular weight excluding hydrogens is 354 g/mol. The number of hydrogen-bond donors (Lipinski definition) is 1. The van der Waals surface area contributed by atoms with Crippen LogP contribution < -0.4 is 5.32 Å². The molecule has 0 atom stereocenters. The highest BCUT2D eigenvalue weighted by molar-refractivity contribution is 8.04. The van der Waals surface area contributed by atoms with Crippen LogP contribution in [-0.2, 0) is 6.54 Å². The first-order valence-electron chi connectivity index (χ1n) is 8.67. The monoisotopic (exact) mass is 371 g/mol. The lowest BCUT2D eigenvalue weighted by Crippen LogP contribution is -2.29. The van der Waals surface area contributed by atoms with Crippen molar-refractivity contribution in [1.29, 1.82) is 0 Å². The average Bonchev–Trinajstić information content (AvgIpc) is 2.73. The van der Waals surface area contributed by atoms with Gasteiger partial charge in [-0.1, -0.05) is 84.6 Å². The summed E-state index contributed by atoms with van der Waals surface area (Å²) in [7, 11) is 0. The Morgan fingerprint density at radius 3 is 1.89 bits per heavy atom. The fourth-order valence-corrected chi connectivity index (χ4v) is 4.00. The molecule has 0 aromatic heterocycles. The molecule has 0 radical (unpaired) electrons. The Morgan fingerprint density at radius 2 is 1.22 bits per heavy atom. The van der Waals surface area contributed by atoms with Crippen LogP contribution in [0.4, 0.5) is 0 Å². The molecule has 3 aromatic rings. The molecule has 3 aromatic carbocycles. The molecule has 0 saturated heterocycles. The van der Waals surface area contributed by atoms with Crippen LogP contribution >= 0.6 is 11.8 Å². The van der Waals surface area contributed by atoms with E-state index in [4.69, 9.17) is 0 Å². The minimum absolute atomic E-state index is 0.116. The molecule has 0 heterocycles. The van der Waals surface area contributed by atoms with Crippen molar-refractivity contribution in [1.82, 2.24) is 5.32 Å². The Labute approximate surface area is 162 Å². The molecule has 0 unspecified atom stereocenters. The molecule has 27 heavy (non-hydrogen) atoms. The van der Waals surface area contributed by atoms with Gasteiger partial charge in [0.05, 0.1) is 4.91 Å². The van der Waals surface area contributed by atoms with Gasteiger partial charge in [-0.3, -0.25) is 9.59 Å². The van der Waals surface area contributed by atoms with Gasteiger partial charge < -0.3 is 5.32 Å². The van der Waals surface area contributed by atoms with Crippen LogP contribution in [-0.4, -0.2) is 11.6 Å². The Hall–Kier alpha value is -3.11. The number of carbonyl (C=O) groups excluding carboxylic acids is 2. The largest absolute Gasteiger partial charge is 0.377 e. The number of allylic oxidation sites excluding steroid dienone is 2. The highest BCUT2D eigenvalue weighted by Crippen LogP contribution is 2.36. The van der Waals surface area contributed by atoms with Gasteiger partial charge in [-0.15, -0.1) is 0 Å². The molecule has 0 bridgehead atoms. The van der Waals surface area contributed by atoms with Crippen LogP contribution in [0.1, 0.15) is 26.3 Å². The predicted octanol–water partition coefficient (Wildman–Crippen LogP) is 4.86. The molecule has 1 aliphatic carbocycles. The summed E-state index contributed by atoms with van der Waals surface area (Å²) in [5.74, 6) is -0.255. The Balaban J connectivity index is 1.73. The van der Waals surface area contributed by atoms with Crippen molar-refractivity contribution in [3.63, 3.8) is 0 Å². The van der Waals surface area contributed by atoms with Gasteiger partial charge in [-0.25, -0.2) is 0 Å². The first-order chi connectivity index (χ1) is 13.2. The molecule has 4 rings (SSSR count). The molecule has 0 spiro atoms. The maximum atomic E-state index is 13.1. The van der Waals surface area contributed by atoms with Gasteiger partial charge in [0.2, 0.25) is 11.6 Å². The predicted molar refractivity (Wildman–Crippen MR) is 108 cm³/mol. The lowest BCUT2D eigenvalue weighted by atomic mass is 9.92. The van der Waals surface area contributed by atoms with E-state index in [1.165, 1.54) is 11.8 Å². The molecule has 132 valence electrons. The highest BCUT2D eigenvalue weighted by Gasteiger charge is 2.32. The minimum atomic E-state index is -0.139. The lowest BCUT2D eigenvalue weighted by molar-refractivity contribution is 0.0975. The van der Waals surface area contributed by atoms with Crippen molar-refractivity contribution in [3.8, 4) is 0 Å². The Morgan fingerprint density at radius 1 is 0.667 bits per heavy atom. The summed E-state index contributed by atoms with van der Waals surface area (Å²) in [5, 5.41) is 3.22. The zero-order chi connectivity index (χ0) is 18.6. The van der Waals surface area contributed by atoms with Gasteiger partial charge in [-0.05, 0) is 17.7 Å². The molecule has 0 amide bonds. The van der Waals surface area contributed by atoms with E-state index < -0.39 is 0 Å². The Bertz CT molecular complexity index is 1030. The van der Waals surface area contributed by atoms with Gasteiger partial charge >= 0.3 is 0 Å². The summed E-state index contributed by atoms with van der Waals surface area (Å²) in [5.41, 5.74) is 2.34. The maximum absolute atomic E-state index is 13.1. The van der Waals surface area contributed by atoms with Crippen LogP contribution in [0.3, 0.4) is 0 Å². The Kier molecular flexibility index (Phi) is 4.90. The van der Waals surface area contributed by atoms with Crippen LogP contribution in [0, 0.1) is 0 Å². The van der Waals surface area contributed by atoms with Gasteiger partial charge in [0.1, 0.15) is 5.70 Å². The summed E-state index contributed by atoms with van der Waals surface area (Å²) in [6.45, 7) is 0.482. The maximum Gasteiger partial charge on any atom is 0.210 e. The molecule has 0 saturated carbocycles. The van der Waals surface area contributed by atoms with E-state index in [0.29, 0.717) is 28.3 Å². The van der Waals surface area contributed by atoms with Crippen molar-refractivity contribution in [2.45, 2.75) is 11.4 Å². The van der Waals surface area contributed by atoms with Crippen LogP contribution in [0.2, 0.25) is 0 Å². The van der Waals surface area contributed by atoms with Crippen LogP contribution in [0.5, 0.6) is 0 Å². The number of ketones is 2. The average molecular weight is 371 g/mol. The van der Waals surface area contributed by atoms with Crippen molar-refractivity contribution in [2.24, 2.45) is 0 Å². The summed E-state index contributed by atoms with van der Waals surface area (Å²) in [6.07, 6.45) is 0. The summed E-state index contributed by atoms with van der Waals surface area (Å²) in [6, 6.07) is 26.5. The summed E-state index contributed by atoms with van der Waals surface area (Å²) >= 11 is 1.33. The number of nitrogens with one attached hydrogen (secondary N) is 1. The van der Waals surface area contributed by atoms with Crippen LogP contribution in [0.25, 0.3) is 0 Å². The summed E-state index contributed by atoms with van der Waals surface area (Å²) in [4.78, 5) is 27.6. The number of Topliss-reactive ketones (excluding diaryl/α,β-unsaturated/α-hetero) is 2. The highest BCUT2D eigenvalue weighted by atomic mass is 32.2. The minimum Gasteiger partial charge on any atom is -0.377 e. The second kappa shape index (κ2) is 7.64. The topological polar surface area (TPSA) is 46.2 Å². The van der Waals surface area contributed by atoms with E-state index in [1.807, 2.05) is 60.7 Å². The van der Waals surface area contributed by atoms with E-state index in [2.05, 4.69) is 5.32 Å². The number of thioether (sulfide) groups is 1. The normalized spacial score (nSPS) is 13.5. The standard InChI is InChI=1S/C23H17NO2S/c25-21-18-13-7-8-14-19(18)22(26)23(27-17-11-5-2-6-12-17)20(21)24-15-16-9-3-1-4-10-16/h1-14,24H,15H2. The number of carbonyl (C=O) groups is 2. The lowest BCUT2D eigenvalue weighted by Gasteiger charge is -2.21. The second-order valence-corrected chi connectivity index (χ2v) is 7.25. The first-order valence-corrected chi connectivity index (χ1v) is 9.49. The molecule has 1 aliphatic rings. The number of benzene rings is 3. The van der Waals surface area contributed by atoms with E-state index in [1.54, 1.807) is 24.3 Å². The smallest absolute Gasteiger partial charge is 0.210 e. The number of hydrogen-bond acceptors (Lipinski definition) is 4. The zero-order valence-corrected chi connectivity index (χ0v) is 15.3. The molecule has 3 nitrogen and oxygen atoms in total. The summed E-state index contributed by atoms with van der Waals surface area (Å²) < 4.78 is 0. The molecule has 1 N–H and O–H groups in total. The number of fused-ring (bicyclic) bond motifs is 1. The van der Waals surface area contributed by atoms with Crippen molar-refractivity contribution < 1.29 is 9.59 Å². The molecule has 0 aliphatic heterocycles. The fraction of sp³-hybridized carbons (Fsp3) is 0.0435. The zero-order valence-electron chi connectivity index (χ0n) is 14.5. The third kappa shape index (κ3) is 3.57. The van der Waals surface area contributed by atoms with E-state index >= 15 is 0 Å². The van der Waals surface area contributed by atoms with E-state index in [0.717, 1.165) is 10.5 Å². The van der Waals surface area contributed by atoms with Gasteiger partial charge in [0, 0.05) is 22.6 Å². The van der Waals surface area contributed by atoms with Crippen molar-refractivity contribution in [3.05, 3.63) is 112 Å². The molecule has 4 heteroatoms. The van der Waals surface area contributed by atoms with Crippen molar-refractivity contribution in [2.75, 3.05) is 0 Å². The third-order valence-electron chi connectivity index (χ3n) is 4.35. The SMILES string of the molecule is O=C1C(NCc2ccccc2)=C(Sc2ccccc2)C(=O)c2ccccc21. The van der Waals surface area contributed by atoms with Crippen molar-refractivity contribution >= 4 is 23.3 Å². The van der Waals surface area contributed by atoms with E-state index in [9.17, 15) is 9.59 Å². The first kappa shape index (κ1) is 17.3. The molecular formula is C23H17NO2S. The quantitative estimate of drug-likeness (QED) is 0.696. The van der Waals surface area contributed by atoms with Gasteiger partial charge in [0.25, 0.3) is 0 Å². The fourth-order valence-electron chi connectivity index (χ4n) is 3.00.